The van der Waals surface area contributed by atoms with Crippen LogP contribution in [0.3, 0.4) is 0 Å². The van der Waals surface area contributed by atoms with Gasteiger partial charge in [0.25, 0.3) is 0 Å². The van der Waals surface area contributed by atoms with Gasteiger partial charge in [-0.2, -0.15) is 0 Å². The fourth-order valence-electron chi connectivity index (χ4n) is 4.02. The molecule has 6 heteroatoms. The number of nitrogens with zero attached hydrogens (tertiary/aromatic N) is 1. The van der Waals surface area contributed by atoms with Crippen LogP contribution >= 0.6 is 11.8 Å². The minimum atomic E-state index is -0.191. The van der Waals surface area contributed by atoms with Crippen molar-refractivity contribution < 1.29 is 14.3 Å². The summed E-state index contributed by atoms with van der Waals surface area (Å²) in [5, 5.41) is 3.41. The second kappa shape index (κ2) is 11.4. The van der Waals surface area contributed by atoms with Crippen molar-refractivity contribution in [2.24, 2.45) is 0 Å². The number of Topliss-reactive ketones (excluding diaryl/α,β-unsaturated/α-hetero) is 1. The van der Waals surface area contributed by atoms with Gasteiger partial charge in [0, 0.05) is 42.4 Å². The van der Waals surface area contributed by atoms with Crippen molar-refractivity contribution in [3.8, 4) is 11.5 Å². The van der Waals surface area contributed by atoms with Crippen molar-refractivity contribution in [2.45, 2.75) is 23.2 Å². The summed E-state index contributed by atoms with van der Waals surface area (Å²) in [7, 11) is 3.34. The largest absolute Gasteiger partial charge is 0.497 e. The number of piperazine rings is 1. The van der Waals surface area contributed by atoms with E-state index in [1.54, 1.807) is 26.0 Å². The van der Waals surface area contributed by atoms with Gasteiger partial charge in [-0.15, -0.1) is 11.8 Å². The highest BCUT2D eigenvalue weighted by atomic mass is 32.2. The zero-order chi connectivity index (χ0) is 23.0. The van der Waals surface area contributed by atoms with E-state index in [0.717, 1.165) is 47.3 Å². The molecule has 5 nitrogen and oxygen atoms in total. The van der Waals surface area contributed by atoms with Gasteiger partial charge in [-0.1, -0.05) is 42.5 Å². The van der Waals surface area contributed by atoms with Crippen molar-refractivity contribution in [3.63, 3.8) is 0 Å². The van der Waals surface area contributed by atoms with Crippen LogP contribution in [0, 0.1) is 0 Å². The van der Waals surface area contributed by atoms with Gasteiger partial charge in [-0.05, 0) is 41.5 Å². The van der Waals surface area contributed by atoms with Gasteiger partial charge in [-0.3, -0.25) is 9.69 Å². The summed E-state index contributed by atoms with van der Waals surface area (Å²) in [6, 6.07) is 23.9. The molecule has 0 bridgehead atoms. The smallest absolute Gasteiger partial charge is 0.182 e. The fourth-order valence-corrected chi connectivity index (χ4v) is 5.03. The fraction of sp³-hybridized carbons (Fsp3) is 0.296. The SMILES string of the molecule is COc1ccc(CSc2ccccc2C(=O)C2CNCCN2Cc2ccc(OC)cc2)cc1. The predicted molar refractivity (Wildman–Crippen MR) is 133 cm³/mol. The lowest BCUT2D eigenvalue weighted by Gasteiger charge is -2.35. The molecule has 0 saturated carbocycles. The van der Waals surface area contributed by atoms with Gasteiger partial charge in [0.05, 0.1) is 20.3 Å². The van der Waals surface area contributed by atoms with E-state index in [2.05, 4.69) is 34.5 Å². The minimum Gasteiger partial charge on any atom is -0.497 e. The van der Waals surface area contributed by atoms with Crippen LogP contribution in [0.5, 0.6) is 11.5 Å². The summed E-state index contributed by atoms with van der Waals surface area (Å²) < 4.78 is 10.5. The average Bonchev–Trinajstić information content (AvgIpc) is 2.88. The van der Waals surface area contributed by atoms with Crippen LogP contribution in [0.1, 0.15) is 21.5 Å². The summed E-state index contributed by atoms with van der Waals surface area (Å²) in [4.78, 5) is 17.0. The lowest BCUT2D eigenvalue weighted by atomic mass is 10.0. The van der Waals surface area contributed by atoms with Crippen LogP contribution in [0.25, 0.3) is 0 Å². The van der Waals surface area contributed by atoms with E-state index >= 15 is 0 Å². The van der Waals surface area contributed by atoms with E-state index in [9.17, 15) is 4.79 Å². The zero-order valence-electron chi connectivity index (χ0n) is 19.1. The third-order valence-corrected chi connectivity index (χ3v) is 7.05. The van der Waals surface area contributed by atoms with E-state index in [0.29, 0.717) is 6.54 Å². The summed E-state index contributed by atoms with van der Waals surface area (Å²) >= 11 is 1.70. The lowest BCUT2D eigenvalue weighted by Crippen LogP contribution is -2.54. The molecule has 1 N–H and O–H groups in total. The number of ketones is 1. The third-order valence-electron chi connectivity index (χ3n) is 5.91. The third kappa shape index (κ3) is 5.96. The van der Waals surface area contributed by atoms with Crippen molar-refractivity contribution in [1.82, 2.24) is 10.2 Å². The number of carbonyl (C=O) groups excluding carboxylic acids is 1. The van der Waals surface area contributed by atoms with E-state index in [-0.39, 0.29) is 11.8 Å². The number of hydrogen-bond donors (Lipinski definition) is 1. The molecule has 3 aromatic rings. The molecule has 1 saturated heterocycles. The molecule has 0 aliphatic carbocycles. The van der Waals surface area contributed by atoms with Crippen LogP contribution in [0.2, 0.25) is 0 Å². The first-order valence-corrected chi connectivity index (χ1v) is 12.1. The Hall–Kier alpha value is -2.80. The van der Waals surface area contributed by atoms with Gasteiger partial charge in [-0.25, -0.2) is 0 Å². The number of rotatable bonds is 9. The van der Waals surface area contributed by atoms with Crippen molar-refractivity contribution in [1.29, 1.82) is 0 Å². The second-order valence-electron chi connectivity index (χ2n) is 8.04. The molecule has 4 rings (SSSR count). The van der Waals surface area contributed by atoms with Crippen molar-refractivity contribution in [2.75, 3.05) is 33.9 Å². The quantitative estimate of drug-likeness (QED) is 0.369. The number of carbonyl (C=O) groups is 1. The molecule has 0 aromatic heterocycles. The first-order chi connectivity index (χ1) is 16.2. The van der Waals surface area contributed by atoms with E-state index in [4.69, 9.17) is 9.47 Å². The van der Waals surface area contributed by atoms with E-state index in [1.165, 1.54) is 11.1 Å². The Kier molecular flexibility index (Phi) is 8.05. The summed E-state index contributed by atoms with van der Waals surface area (Å²) in [5.74, 6) is 2.66. The number of thioether (sulfide) groups is 1. The van der Waals surface area contributed by atoms with Gasteiger partial charge < -0.3 is 14.8 Å². The number of hydrogen-bond acceptors (Lipinski definition) is 6. The highest BCUT2D eigenvalue weighted by Gasteiger charge is 2.30. The Balaban J connectivity index is 1.48. The Morgan fingerprint density at radius 1 is 0.939 bits per heavy atom. The Labute approximate surface area is 200 Å². The van der Waals surface area contributed by atoms with Crippen molar-refractivity contribution in [3.05, 3.63) is 89.5 Å². The van der Waals surface area contributed by atoms with Crippen LogP contribution < -0.4 is 14.8 Å². The normalized spacial score (nSPS) is 16.4. The molecule has 172 valence electrons. The van der Waals surface area contributed by atoms with Gasteiger partial charge >= 0.3 is 0 Å². The molecule has 0 spiro atoms. The molecule has 1 fully saturated rings. The van der Waals surface area contributed by atoms with Crippen LogP contribution in [0.4, 0.5) is 0 Å². The minimum absolute atomic E-state index is 0.175. The molecule has 1 heterocycles. The molecule has 1 unspecified atom stereocenters. The molecule has 33 heavy (non-hydrogen) atoms. The molecular weight excluding hydrogens is 432 g/mol. The molecule has 3 aromatic carbocycles. The predicted octanol–water partition coefficient (Wildman–Crippen LogP) is 4.65. The molecule has 1 aliphatic rings. The standard InChI is InChI=1S/C27H30N2O3S/c1-31-22-11-7-20(8-12-22)18-29-16-15-28-17-25(29)27(30)24-5-3-4-6-26(24)33-19-21-9-13-23(32-2)14-10-21/h3-14,25,28H,15-19H2,1-2H3. The Bertz CT molecular complexity index is 1050. The first-order valence-electron chi connectivity index (χ1n) is 11.1. The second-order valence-corrected chi connectivity index (χ2v) is 9.05. The first kappa shape index (κ1) is 23.4. The maximum atomic E-state index is 13.7. The van der Waals surface area contributed by atoms with E-state index < -0.39 is 0 Å². The average molecular weight is 463 g/mol. The molecule has 0 amide bonds. The Morgan fingerprint density at radius 2 is 1.58 bits per heavy atom. The number of benzene rings is 3. The van der Waals surface area contributed by atoms with E-state index in [1.807, 2.05) is 48.5 Å². The molecular formula is C27H30N2O3S. The van der Waals surface area contributed by atoms with Crippen LogP contribution in [-0.4, -0.2) is 50.6 Å². The molecule has 1 atom stereocenters. The summed E-state index contributed by atoms with van der Waals surface area (Å²) in [6.45, 7) is 3.12. The number of ether oxygens (including phenoxy) is 2. The monoisotopic (exact) mass is 462 g/mol. The number of nitrogens with one attached hydrogen (secondary N) is 1. The van der Waals surface area contributed by atoms with Crippen LogP contribution in [-0.2, 0) is 12.3 Å². The number of methoxy groups -OCH3 is 2. The highest BCUT2D eigenvalue weighted by molar-refractivity contribution is 7.98. The molecule has 1 aliphatic heterocycles. The summed E-state index contributed by atoms with van der Waals surface area (Å²) in [6.07, 6.45) is 0. The highest BCUT2D eigenvalue weighted by Crippen LogP contribution is 2.29. The lowest BCUT2D eigenvalue weighted by molar-refractivity contribution is 0.0755. The topological polar surface area (TPSA) is 50.8 Å². The van der Waals surface area contributed by atoms with Gasteiger partial charge in [0.15, 0.2) is 5.78 Å². The Morgan fingerprint density at radius 3 is 2.24 bits per heavy atom. The van der Waals surface area contributed by atoms with Gasteiger partial charge in [0.1, 0.15) is 11.5 Å². The molecule has 0 radical (unpaired) electrons. The maximum absolute atomic E-state index is 13.7. The summed E-state index contributed by atoms with van der Waals surface area (Å²) in [5.41, 5.74) is 3.17. The van der Waals surface area contributed by atoms with Crippen molar-refractivity contribution >= 4 is 17.5 Å². The van der Waals surface area contributed by atoms with Gasteiger partial charge in [0.2, 0.25) is 0 Å². The zero-order valence-corrected chi connectivity index (χ0v) is 19.9. The maximum Gasteiger partial charge on any atom is 0.182 e. The van der Waals surface area contributed by atoms with Crippen LogP contribution in [0.15, 0.2) is 77.7 Å².